The second-order valence-corrected chi connectivity index (χ2v) is 8.54. The van der Waals surface area contributed by atoms with Crippen LogP contribution in [-0.4, -0.2) is 22.4 Å². The summed E-state index contributed by atoms with van der Waals surface area (Å²) in [5.74, 6) is 0.538. The van der Waals surface area contributed by atoms with Crippen molar-refractivity contribution in [3.8, 4) is 17.0 Å². The van der Waals surface area contributed by atoms with Gasteiger partial charge in [-0.2, -0.15) is 5.10 Å². The predicted octanol–water partition coefficient (Wildman–Crippen LogP) is 6.60. The highest BCUT2D eigenvalue weighted by atomic mass is 16.5. The molecular formula is C28H32N2O3. The van der Waals surface area contributed by atoms with Gasteiger partial charge in [0.05, 0.1) is 24.0 Å². The van der Waals surface area contributed by atoms with E-state index in [4.69, 9.17) is 14.6 Å². The van der Waals surface area contributed by atoms with Crippen LogP contribution in [0.15, 0.2) is 66.2 Å². The highest BCUT2D eigenvalue weighted by Gasteiger charge is 2.21. The van der Waals surface area contributed by atoms with Crippen LogP contribution in [0.2, 0.25) is 0 Å². The molecule has 5 nitrogen and oxygen atoms in total. The number of carbonyl (C=O) groups excluding carboxylic acids is 1. The number of nitrogens with zero attached hydrogens (tertiary/aromatic N) is 2. The van der Waals surface area contributed by atoms with Crippen LogP contribution in [0.1, 0.15) is 63.3 Å². The Morgan fingerprint density at radius 3 is 2.48 bits per heavy atom. The molecule has 3 aromatic rings. The maximum absolute atomic E-state index is 12.1. The van der Waals surface area contributed by atoms with Crippen molar-refractivity contribution in [1.29, 1.82) is 0 Å². The van der Waals surface area contributed by atoms with E-state index in [1.807, 2.05) is 43.3 Å². The topological polar surface area (TPSA) is 53.4 Å². The Morgan fingerprint density at radius 2 is 1.79 bits per heavy atom. The van der Waals surface area contributed by atoms with Gasteiger partial charge in [-0.15, -0.1) is 0 Å². The zero-order valence-corrected chi connectivity index (χ0v) is 19.5. The number of ether oxygens (including phenoxy) is 2. The third kappa shape index (κ3) is 5.92. The molecule has 4 rings (SSSR count). The number of esters is 1. The Morgan fingerprint density at radius 1 is 1.06 bits per heavy atom. The fourth-order valence-electron chi connectivity index (χ4n) is 4.29. The lowest BCUT2D eigenvalue weighted by molar-refractivity contribution is -0.138. The third-order valence-electron chi connectivity index (χ3n) is 6.04. The maximum Gasteiger partial charge on any atom is 0.333 e. The summed E-state index contributed by atoms with van der Waals surface area (Å²) in [6.07, 6.45) is 7.82. The van der Waals surface area contributed by atoms with E-state index in [1.165, 1.54) is 19.3 Å². The lowest BCUT2D eigenvalue weighted by Crippen LogP contribution is -2.15. The number of benzene rings is 2. The van der Waals surface area contributed by atoms with E-state index < -0.39 is 0 Å². The summed E-state index contributed by atoms with van der Waals surface area (Å²) < 4.78 is 13.2. The summed E-state index contributed by atoms with van der Waals surface area (Å²) in [6.45, 7) is 4.50. The molecule has 0 spiro atoms. The zero-order chi connectivity index (χ0) is 23.0. The lowest BCUT2D eigenvalue weighted by Gasteiger charge is -2.24. The molecule has 0 N–H and O–H groups in total. The van der Waals surface area contributed by atoms with E-state index >= 15 is 0 Å². The molecule has 5 heteroatoms. The van der Waals surface area contributed by atoms with Gasteiger partial charge in [-0.1, -0.05) is 49.6 Å². The van der Waals surface area contributed by atoms with Gasteiger partial charge < -0.3 is 9.47 Å². The van der Waals surface area contributed by atoms with E-state index in [0.717, 1.165) is 41.1 Å². The molecule has 0 radical (unpaired) electrons. The van der Waals surface area contributed by atoms with Crippen molar-refractivity contribution in [3.05, 3.63) is 77.5 Å². The third-order valence-corrected chi connectivity index (χ3v) is 6.04. The molecule has 0 bridgehead atoms. The number of rotatable bonds is 8. The van der Waals surface area contributed by atoms with Crippen LogP contribution in [0.5, 0.6) is 5.75 Å². The van der Waals surface area contributed by atoms with Gasteiger partial charge in [0.1, 0.15) is 12.4 Å². The van der Waals surface area contributed by atoms with Crippen molar-refractivity contribution >= 4 is 12.0 Å². The molecule has 0 amide bonds. The molecule has 2 aromatic carbocycles. The van der Waals surface area contributed by atoms with Crippen LogP contribution < -0.4 is 4.74 Å². The van der Waals surface area contributed by atoms with Crippen molar-refractivity contribution < 1.29 is 14.3 Å². The Hall–Kier alpha value is -3.34. The van der Waals surface area contributed by atoms with Gasteiger partial charge in [0.15, 0.2) is 0 Å². The van der Waals surface area contributed by atoms with Crippen LogP contribution in [0.25, 0.3) is 17.3 Å². The smallest absolute Gasteiger partial charge is 0.333 e. The second-order valence-electron chi connectivity index (χ2n) is 8.54. The number of aromatic nitrogens is 2. The van der Waals surface area contributed by atoms with Gasteiger partial charge in [0.2, 0.25) is 0 Å². The highest BCUT2D eigenvalue weighted by Crippen LogP contribution is 2.33. The monoisotopic (exact) mass is 444 g/mol. The van der Waals surface area contributed by atoms with Gasteiger partial charge >= 0.3 is 5.97 Å². The summed E-state index contributed by atoms with van der Waals surface area (Å²) >= 11 is 0. The molecule has 1 saturated carbocycles. The lowest BCUT2D eigenvalue weighted by atomic mass is 9.95. The summed E-state index contributed by atoms with van der Waals surface area (Å²) in [4.78, 5) is 12.1. The Labute approximate surface area is 196 Å². The Kier molecular flexibility index (Phi) is 7.61. The quantitative estimate of drug-likeness (QED) is 0.290. The molecule has 33 heavy (non-hydrogen) atoms. The molecule has 1 heterocycles. The summed E-state index contributed by atoms with van der Waals surface area (Å²) in [5.41, 5.74) is 4.64. The minimum Gasteiger partial charge on any atom is -0.489 e. The summed E-state index contributed by atoms with van der Waals surface area (Å²) in [6, 6.07) is 20.8. The molecule has 0 unspecified atom stereocenters. The number of carbonyl (C=O) groups is 1. The first-order valence-corrected chi connectivity index (χ1v) is 11.9. The Bertz CT molecular complexity index is 1080. The predicted molar refractivity (Wildman–Crippen MR) is 131 cm³/mol. The van der Waals surface area contributed by atoms with Crippen molar-refractivity contribution in [2.45, 2.75) is 58.6 Å². The molecule has 1 fully saturated rings. The normalized spacial score (nSPS) is 14.8. The van der Waals surface area contributed by atoms with Crippen LogP contribution in [0.4, 0.5) is 0 Å². The van der Waals surface area contributed by atoms with E-state index in [0.29, 0.717) is 24.8 Å². The van der Waals surface area contributed by atoms with Gasteiger partial charge in [-0.05, 0) is 68.7 Å². The maximum atomic E-state index is 12.1. The van der Waals surface area contributed by atoms with E-state index in [9.17, 15) is 4.79 Å². The average molecular weight is 445 g/mol. The van der Waals surface area contributed by atoms with E-state index in [-0.39, 0.29) is 5.97 Å². The van der Waals surface area contributed by atoms with Gasteiger partial charge in [0, 0.05) is 11.1 Å². The minimum atomic E-state index is -0.300. The van der Waals surface area contributed by atoms with Crippen LogP contribution >= 0.6 is 0 Å². The van der Waals surface area contributed by atoms with Crippen molar-refractivity contribution in [2.24, 2.45) is 0 Å². The molecule has 1 aliphatic carbocycles. The standard InChI is InChI=1S/C28H32N2O3/c1-3-32-28(31)21(2)18-24-19-27(30(29-24)25-12-8-5-9-13-25)23-14-16-26(17-15-23)33-20-22-10-6-4-7-11-22/h4,6-7,10-11,14-19,25H,3,5,8-9,12-13,20H2,1-2H3/b21-18+. The van der Waals surface area contributed by atoms with E-state index in [2.05, 4.69) is 35.0 Å². The van der Waals surface area contributed by atoms with Crippen LogP contribution in [0, 0.1) is 0 Å². The highest BCUT2D eigenvalue weighted by molar-refractivity contribution is 5.92. The van der Waals surface area contributed by atoms with Gasteiger partial charge in [-0.3, -0.25) is 4.68 Å². The number of hydrogen-bond acceptors (Lipinski definition) is 4. The minimum absolute atomic E-state index is 0.300. The fraction of sp³-hybridized carbons (Fsp3) is 0.357. The van der Waals surface area contributed by atoms with Crippen molar-refractivity contribution in [2.75, 3.05) is 6.61 Å². The van der Waals surface area contributed by atoms with Gasteiger partial charge in [-0.25, -0.2) is 4.79 Å². The Balaban J connectivity index is 1.57. The number of hydrogen-bond donors (Lipinski definition) is 0. The van der Waals surface area contributed by atoms with Crippen molar-refractivity contribution in [1.82, 2.24) is 9.78 Å². The molecule has 0 aliphatic heterocycles. The largest absolute Gasteiger partial charge is 0.489 e. The first-order chi connectivity index (χ1) is 16.1. The van der Waals surface area contributed by atoms with Crippen molar-refractivity contribution in [3.63, 3.8) is 0 Å². The summed E-state index contributed by atoms with van der Waals surface area (Å²) in [5, 5.41) is 4.89. The molecule has 0 atom stereocenters. The first-order valence-electron chi connectivity index (χ1n) is 11.9. The van der Waals surface area contributed by atoms with Gasteiger partial charge in [0.25, 0.3) is 0 Å². The molecule has 1 aliphatic rings. The first kappa shape index (κ1) is 22.8. The molecule has 172 valence electrons. The van der Waals surface area contributed by atoms with Crippen LogP contribution in [0.3, 0.4) is 0 Å². The SMILES string of the molecule is CCOC(=O)/C(C)=C/c1cc(-c2ccc(OCc3ccccc3)cc2)n(C2CCCCC2)n1. The molecule has 1 aromatic heterocycles. The molecular weight excluding hydrogens is 412 g/mol. The van der Waals surface area contributed by atoms with Crippen LogP contribution in [-0.2, 0) is 16.1 Å². The fourth-order valence-corrected chi connectivity index (χ4v) is 4.29. The molecule has 0 saturated heterocycles. The summed E-state index contributed by atoms with van der Waals surface area (Å²) in [7, 11) is 0. The average Bonchev–Trinajstić information content (AvgIpc) is 3.28. The zero-order valence-electron chi connectivity index (χ0n) is 19.5. The second kappa shape index (κ2) is 11.0. The van der Waals surface area contributed by atoms with E-state index in [1.54, 1.807) is 6.92 Å².